The summed E-state index contributed by atoms with van der Waals surface area (Å²) in [5.41, 5.74) is 2.67. The van der Waals surface area contributed by atoms with E-state index in [9.17, 15) is 0 Å². The largest absolute Gasteiger partial charge is 0.501 e. The van der Waals surface area contributed by atoms with E-state index >= 15 is 0 Å². The number of hydrogen-bond acceptors (Lipinski definition) is 5. The number of ether oxygens (including phenoxy) is 1. The number of nitrogens with zero attached hydrogens (tertiary/aromatic N) is 3. The molecule has 0 aromatic carbocycles. The van der Waals surface area contributed by atoms with Crippen molar-refractivity contribution >= 4 is 23.3 Å². The quantitative estimate of drug-likeness (QED) is 0.799. The molecule has 146 valence electrons. The van der Waals surface area contributed by atoms with Crippen molar-refractivity contribution in [3.63, 3.8) is 0 Å². The number of aliphatic imine (C=N–C) groups is 2. The average molecular weight is 389 g/mol. The minimum atomic E-state index is 0.415. The van der Waals surface area contributed by atoms with Gasteiger partial charge in [-0.25, -0.2) is 4.99 Å². The zero-order valence-electron chi connectivity index (χ0n) is 16.1. The van der Waals surface area contributed by atoms with Crippen LogP contribution < -0.4 is 5.32 Å². The van der Waals surface area contributed by atoms with Gasteiger partial charge in [0.2, 0.25) is 5.96 Å². The number of methoxy groups -OCH3 is 1. The second-order valence-corrected chi connectivity index (χ2v) is 8.33. The molecular formula is C21H29ClN4O. The molecule has 27 heavy (non-hydrogen) atoms. The normalized spacial score (nSPS) is 28.9. The number of likely N-dealkylation sites (tertiary alicyclic amines) is 1. The topological polar surface area (TPSA) is 49.2 Å². The van der Waals surface area contributed by atoms with Crippen LogP contribution in [-0.4, -0.2) is 55.9 Å². The van der Waals surface area contributed by atoms with Crippen LogP contribution in [0.2, 0.25) is 0 Å². The van der Waals surface area contributed by atoms with Crippen LogP contribution in [0.15, 0.2) is 44.6 Å². The van der Waals surface area contributed by atoms with Gasteiger partial charge in [0.15, 0.2) is 0 Å². The van der Waals surface area contributed by atoms with Crippen LogP contribution in [0, 0.1) is 5.92 Å². The predicted octanol–water partition coefficient (Wildman–Crippen LogP) is 3.63. The third-order valence-corrected chi connectivity index (χ3v) is 6.15. The standard InChI is InChI=1S/C21H29ClN4O/c1-27-19-7-5-18(6-8-19)24-21-23-12-16-14-26(10-9-20(16)25-21)13-15-3-2-4-17(22)11-15/h3,7,11,16,18H,2,4-6,8-10,12-14H2,1H3,(H,23,24). The molecule has 2 aliphatic heterocycles. The summed E-state index contributed by atoms with van der Waals surface area (Å²) in [4.78, 5) is 12.1. The predicted molar refractivity (Wildman–Crippen MR) is 111 cm³/mol. The summed E-state index contributed by atoms with van der Waals surface area (Å²) in [5.74, 6) is 2.39. The highest BCUT2D eigenvalue weighted by atomic mass is 35.5. The highest BCUT2D eigenvalue weighted by molar-refractivity contribution is 6.29. The van der Waals surface area contributed by atoms with E-state index in [1.165, 1.54) is 11.3 Å². The highest BCUT2D eigenvalue weighted by Crippen LogP contribution is 2.24. The van der Waals surface area contributed by atoms with Gasteiger partial charge >= 0.3 is 0 Å². The van der Waals surface area contributed by atoms with Crippen LogP contribution in [0.3, 0.4) is 0 Å². The summed E-state index contributed by atoms with van der Waals surface area (Å²) in [6.45, 7) is 3.95. The fourth-order valence-corrected chi connectivity index (χ4v) is 4.54. The van der Waals surface area contributed by atoms with E-state index in [2.05, 4.69) is 28.4 Å². The number of piperidine rings is 1. The molecule has 0 saturated carbocycles. The maximum absolute atomic E-state index is 6.20. The minimum Gasteiger partial charge on any atom is -0.501 e. The molecule has 0 aromatic rings. The van der Waals surface area contributed by atoms with Crippen molar-refractivity contribution in [2.75, 3.05) is 33.3 Å². The molecule has 0 spiro atoms. The molecule has 6 heteroatoms. The van der Waals surface area contributed by atoms with Gasteiger partial charge in [0.05, 0.1) is 19.4 Å². The Hall–Kier alpha value is -1.59. The molecule has 0 aromatic heterocycles. The van der Waals surface area contributed by atoms with E-state index in [1.807, 2.05) is 0 Å². The molecule has 0 bridgehead atoms. The van der Waals surface area contributed by atoms with E-state index in [0.717, 1.165) is 81.5 Å². The SMILES string of the molecule is COC1=CCC(NC2=NCC3CN(CC4=CCCC(Cl)=C4)CCC3=N2)CC1. The average Bonchev–Trinajstić information content (AvgIpc) is 2.69. The summed E-state index contributed by atoms with van der Waals surface area (Å²) in [5, 5.41) is 4.52. The fraction of sp³-hybridized carbons (Fsp3) is 0.619. The van der Waals surface area contributed by atoms with Gasteiger partial charge in [0.1, 0.15) is 0 Å². The summed E-state index contributed by atoms with van der Waals surface area (Å²) >= 11 is 6.20. The molecule has 2 heterocycles. The summed E-state index contributed by atoms with van der Waals surface area (Å²) in [6.07, 6.45) is 12.8. The molecule has 2 unspecified atom stereocenters. The molecule has 4 aliphatic rings. The number of rotatable bonds is 4. The van der Waals surface area contributed by atoms with E-state index < -0.39 is 0 Å². The van der Waals surface area contributed by atoms with Crippen molar-refractivity contribution in [3.8, 4) is 0 Å². The van der Waals surface area contributed by atoms with Crippen molar-refractivity contribution in [2.24, 2.45) is 15.9 Å². The molecule has 1 saturated heterocycles. The number of fused-ring (bicyclic) bond motifs is 1. The van der Waals surface area contributed by atoms with E-state index in [1.54, 1.807) is 7.11 Å². The fourth-order valence-electron chi connectivity index (χ4n) is 4.29. The molecule has 2 aliphatic carbocycles. The number of hydrogen-bond donors (Lipinski definition) is 1. The van der Waals surface area contributed by atoms with Gasteiger partial charge in [0.25, 0.3) is 0 Å². The maximum Gasteiger partial charge on any atom is 0.218 e. The second-order valence-electron chi connectivity index (χ2n) is 7.85. The van der Waals surface area contributed by atoms with Gasteiger partial charge in [-0.05, 0) is 49.8 Å². The van der Waals surface area contributed by atoms with Crippen LogP contribution in [0.4, 0.5) is 0 Å². The summed E-state index contributed by atoms with van der Waals surface area (Å²) in [6, 6.07) is 0.415. The number of allylic oxidation sites excluding steroid dienone is 3. The molecule has 0 amide bonds. The lowest BCUT2D eigenvalue weighted by Crippen LogP contribution is -2.46. The molecule has 1 N–H and O–H groups in total. The molecule has 1 fully saturated rings. The van der Waals surface area contributed by atoms with Gasteiger partial charge in [-0.3, -0.25) is 9.89 Å². The summed E-state index contributed by atoms with van der Waals surface area (Å²) < 4.78 is 5.33. The van der Waals surface area contributed by atoms with Crippen LogP contribution in [-0.2, 0) is 4.74 Å². The molecule has 2 atom stereocenters. The highest BCUT2D eigenvalue weighted by Gasteiger charge is 2.29. The Balaban J connectivity index is 1.29. The van der Waals surface area contributed by atoms with Crippen molar-refractivity contribution in [3.05, 3.63) is 34.6 Å². The number of nitrogens with one attached hydrogen (secondary N) is 1. The number of guanidine groups is 1. The Bertz CT molecular complexity index is 722. The van der Waals surface area contributed by atoms with Crippen molar-refractivity contribution in [1.29, 1.82) is 0 Å². The first-order valence-electron chi connectivity index (χ1n) is 10.1. The Morgan fingerprint density at radius 2 is 2.22 bits per heavy atom. The second kappa shape index (κ2) is 8.61. The zero-order chi connectivity index (χ0) is 18.6. The van der Waals surface area contributed by atoms with Crippen LogP contribution in [0.25, 0.3) is 0 Å². The molecular weight excluding hydrogens is 360 g/mol. The maximum atomic E-state index is 6.20. The minimum absolute atomic E-state index is 0.415. The zero-order valence-corrected chi connectivity index (χ0v) is 16.8. The third-order valence-electron chi connectivity index (χ3n) is 5.85. The van der Waals surface area contributed by atoms with E-state index in [0.29, 0.717) is 12.0 Å². The van der Waals surface area contributed by atoms with Crippen LogP contribution >= 0.6 is 11.6 Å². The number of halogens is 1. The van der Waals surface area contributed by atoms with Gasteiger partial charge in [-0.15, -0.1) is 0 Å². The van der Waals surface area contributed by atoms with Crippen molar-refractivity contribution < 1.29 is 4.74 Å². The summed E-state index contributed by atoms with van der Waals surface area (Å²) in [7, 11) is 1.75. The van der Waals surface area contributed by atoms with E-state index in [4.69, 9.17) is 26.3 Å². The first-order chi connectivity index (χ1) is 13.2. The monoisotopic (exact) mass is 388 g/mol. The van der Waals surface area contributed by atoms with Crippen molar-refractivity contribution in [1.82, 2.24) is 10.2 Å². The Morgan fingerprint density at radius 1 is 1.30 bits per heavy atom. The first kappa shape index (κ1) is 18.8. The lowest BCUT2D eigenvalue weighted by Gasteiger charge is -2.35. The van der Waals surface area contributed by atoms with E-state index in [-0.39, 0.29) is 0 Å². The lowest BCUT2D eigenvalue weighted by atomic mass is 9.93. The van der Waals surface area contributed by atoms with Gasteiger partial charge in [0, 0.05) is 48.8 Å². The third kappa shape index (κ3) is 4.82. The first-order valence-corrected chi connectivity index (χ1v) is 10.5. The molecule has 5 nitrogen and oxygen atoms in total. The molecule has 4 rings (SSSR count). The molecule has 0 radical (unpaired) electrons. The van der Waals surface area contributed by atoms with Crippen LogP contribution in [0.1, 0.15) is 38.5 Å². The van der Waals surface area contributed by atoms with Gasteiger partial charge < -0.3 is 10.1 Å². The lowest BCUT2D eigenvalue weighted by molar-refractivity contribution is 0.259. The van der Waals surface area contributed by atoms with Gasteiger partial charge in [-0.1, -0.05) is 17.7 Å². The van der Waals surface area contributed by atoms with Crippen molar-refractivity contribution in [2.45, 2.75) is 44.6 Å². The Kier molecular flexibility index (Phi) is 5.98. The van der Waals surface area contributed by atoms with Gasteiger partial charge in [-0.2, -0.15) is 0 Å². The Morgan fingerprint density at radius 3 is 3.00 bits per heavy atom. The Labute approximate surface area is 166 Å². The smallest absolute Gasteiger partial charge is 0.218 e. The van der Waals surface area contributed by atoms with Crippen LogP contribution in [0.5, 0.6) is 0 Å².